The molecular formula is C28H29NO6. The number of carbonyl (C=O) groups excluding carboxylic acids is 1. The summed E-state index contributed by atoms with van der Waals surface area (Å²) in [6, 6.07) is 21.6. The predicted molar refractivity (Wildman–Crippen MR) is 130 cm³/mol. The van der Waals surface area contributed by atoms with Crippen LogP contribution in [0.2, 0.25) is 0 Å². The van der Waals surface area contributed by atoms with Crippen LogP contribution in [-0.4, -0.2) is 37.8 Å². The summed E-state index contributed by atoms with van der Waals surface area (Å²) in [6.07, 6.45) is 1.76. The maximum absolute atomic E-state index is 13.4. The molecule has 2 atom stereocenters. The fourth-order valence-electron chi connectivity index (χ4n) is 4.61. The van der Waals surface area contributed by atoms with Crippen molar-refractivity contribution >= 4 is 5.91 Å². The molecule has 2 N–H and O–H groups in total. The average Bonchev–Trinajstić information content (AvgIpc) is 3.55. The van der Waals surface area contributed by atoms with Gasteiger partial charge in [-0.15, -0.1) is 0 Å². The van der Waals surface area contributed by atoms with Crippen molar-refractivity contribution < 1.29 is 28.8 Å². The number of amides is 1. The highest BCUT2D eigenvalue weighted by Gasteiger charge is 2.29. The zero-order valence-electron chi connectivity index (χ0n) is 19.4. The second kappa shape index (κ2) is 10.7. The Kier molecular flexibility index (Phi) is 7.04. The Balaban J connectivity index is 1.32. The molecule has 0 spiro atoms. The maximum Gasteiger partial charge on any atom is 0.231 e. The minimum absolute atomic E-state index is 0.0709. The van der Waals surface area contributed by atoms with E-state index in [1.54, 1.807) is 0 Å². The van der Waals surface area contributed by atoms with Crippen LogP contribution in [0.4, 0.5) is 0 Å². The van der Waals surface area contributed by atoms with Gasteiger partial charge in [0.1, 0.15) is 0 Å². The smallest absolute Gasteiger partial charge is 0.231 e. The summed E-state index contributed by atoms with van der Waals surface area (Å²) < 4.78 is 21.9. The lowest BCUT2D eigenvalue weighted by Gasteiger charge is -2.25. The molecule has 5 rings (SSSR count). The van der Waals surface area contributed by atoms with Gasteiger partial charge in [-0.1, -0.05) is 42.5 Å². The summed E-state index contributed by atoms with van der Waals surface area (Å²) >= 11 is 0. The minimum atomic E-state index is -0.429. The summed E-state index contributed by atoms with van der Waals surface area (Å²) in [6.45, 7) is 0.822. The Morgan fingerprint density at radius 1 is 0.771 bits per heavy atom. The summed E-state index contributed by atoms with van der Waals surface area (Å²) in [5.41, 5.74) is 3.11. The maximum atomic E-state index is 13.4. The number of aliphatic hydroxyl groups excluding tert-OH is 1. The van der Waals surface area contributed by atoms with Crippen molar-refractivity contribution in [2.75, 3.05) is 26.7 Å². The molecular weight excluding hydrogens is 446 g/mol. The first-order valence-corrected chi connectivity index (χ1v) is 11.9. The number of hydrogen-bond donors (Lipinski definition) is 2. The molecule has 35 heavy (non-hydrogen) atoms. The fourth-order valence-corrected chi connectivity index (χ4v) is 4.61. The third-order valence-corrected chi connectivity index (χ3v) is 6.52. The highest BCUT2D eigenvalue weighted by Crippen LogP contribution is 2.36. The van der Waals surface area contributed by atoms with Gasteiger partial charge in [-0.25, -0.2) is 0 Å². The zero-order chi connectivity index (χ0) is 24.0. The number of benzene rings is 3. The first-order chi connectivity index (χ1) is 17.2. The van der Waals surface area contributed by atoms with Crippen LogP contribution in [0.25, 0.3) is 0 Å². The third-order valence-electron chi connectivity index (χ3n) is 6.52. The third kappa shape index (κ3) is 5.52. The topological polar surface area (TPSA) is 86.3 Å². The van der Waals surface area contributed by atoms with E-state index in [2.05, 4.69) is 5.32 Å². The van der Waals surface area contributed by atoms with E-state index in [1.165, 1.54) is 5.56 Å². The van der Waals surface area contributed by atoms with Gasteiger partial charge in [-0.3, -0.25) is 4.79 Å². The van der Waals surface area contributed by atoms with Crippen LogP contribution in [0.5, 0.6) is 23.0 Å². The van der Waals surface area contributed by atoms with Crippen molar-refractivity contribution in [2.24, 2.45) is 11.8 Å². The van der Waals surface area contributed by atoms with Gasteiger partial charge >= 0.3 is 0 Å². The van der Waals surface area contributed by atoms with Crippen LogP contribution < -0.4 is 24.3 Å². The molecule has 0 saturated heterocycles. The van der Waals surface area contributed by atoms with E-state index < -0.39 is 5.92 Å². The van der Waals surface area contributed by atoms with Gasteiger partial charge in [0.25, 0.3) is 0 Å². The number of fused-ring (bicyclic) bond motifs is 2. The summed E-state index contributed by atoms with van der Waals surface area (Å²) in [5.74, 6) is 2.01. The molecule has 2 aliphatic heterocycles. The monoisotopic (exact) mass is 475 g/mol. The van der Waals surface area contributed by atoms with Crippen LogP contribution in [0.15, 0.2) is 66.7 Å². The van der Waals surface area contributed by atoms with Crippen molar-refractivity contribution in [3.8, 4) is 23.0 Å². The Labute approximate surface area is 204 Å². The lowest BCUT2D eigenvalue weighted by Crippen LogP contribution is -2.39. The molecule has 0 aromatic heterocycles. The Hall–Kier alpha value is -3.71. The van der Waals surface area contributed by atoms with E-state index in [0.29, 0.717) is 42.4 Å². The number of aliphatic hydroxyl groups is 1. The second-order valence-electron chi connectivity index (χ2n) is 8.86. The average molecular weight is 476 g/mol. The standard InChI is InChI=1S/C28H29NO6/c30-16-22(12-20-6-8-24-26(14-20)34-17-32-24)23(13-21-7-9-25-27(15-21)35-18-33-25)28(31)29-11-10-19-4-2-1-3-5-19/h1-9,14-15,22-23,30H,10-13,16-18H2,(H,29,31)/t22-,23+/m1/s1. The molecule has 0 bridgehead atoms. The number of hydrogen-bond acceptors (Lipinski definition) is 6. The van der Waals surface area contributed by atoms with Crippen LogP contribution in [0.1, 0.15) is 16.7 Å². The van der Waals surface area contributed by atoms with Crippen LogP contribution in [0.3, 0.4) is 0 Å². The minimum Gasteiger partial charge on any atom is -0.454 e. The highest BCUT2D eigenvalue weighted by molar-refractivity contribution is 5.79. The normalized spacial score (nSPS) is 15.0. The molecule has 3 aromatic rings. The van der Waals surface area contributed by atoms with Gasteiger partial charge in [-0.2, -0.15) is 0 Å². The van der Waals surface area contributed by atoms with Gasteiger partial charge in [0.15, 0.2) is 23.0 Å². The Morgan fingerprint density at radius 2 is 1.37 bits per heavy atom. The molecule has 7 heteroatoms. The summed E-state index contributed by atoms with van der Waals surface area (Å²) in [4.78, 5) is 13.4. The molecule has 0 unspecified atom stereocenters. The van der Waals surface area contributed by atoms with Crippen LogP contribution in [-0.2, 0) is 24.1 Å². The van der Waals surface area contributed by atoms with E-state index in [-0.39, 0.29) is 32.0 Å². The molecule has 7 nitrogen and oxygen atoms in total. The van der Waals surface area contributed by atoms with Crippen molar-refractivity contribution in [3.05, 3.63) is 83.4 Å². The van der Waals surface area contributed by atoms with Crippen molar-refractivity contribution in [3.63, 3.8) is 0 Å². The van der Waals surface area contributed by atoms with Crippen LogP contribution >= 0.6 is 0 Å². The van der Waals surface area contributed by atoms with Crippen molar-refractivity contribution in [1.82, 2.24) is 5.32 Å². The summed E-state index contributed by atoms with van der Waals surface area (Å²) in [5, 5.41) is 13.5. The number of ether oxygens (including phenoxy) is 4. The van der Waals surface area contributed by atoms with Gasteiger partial charge in [0.05, 0.1) is 0 Å². The van der Waals surface area contributed by atoms with E-state index in [9.17, 15) is 9.90 Å². The van der Waals surface area contributed by atoms with E-state index in [1.807, 2.05) is 66.7 Å². The van der Waals surface area contributed by atoms with Crippen molar-refractivity contribution in [2.45, 2.75) is 19.3 Å². The lowest BCUT2D eigenvalue weighted by molar-refractivity contribution is -0.127. The largest absolute Gasteiger partial charge is 0.454 e. The molecule has 0 aliphatic carbocycles. The molecule has 3 aromatic carbocycles. The zero-order valence-corrected chi connectivity index (χ0v) is 19.4. The van der Waals surface area contributed by atoms with Gasteiger partial charge in [0, 0.05) is 19.1 Å². The number of nitrogens with one attached hydrogen (secondary N) is 1. The molecule has 1 amide bonds. The van der Waals surface area contributed by atoms with Gasteiger partial charge < -0.3 is 29.4 Å². The van der Waals surface area contributed by atoms with E-state index >= 15 is 0 Å². The fraction of sp³-hybridized carbons (Fsp3) is 0.321. The first kappa shape index (κ1) is 23.1. The molecule has 2 aliphatic rings. The Morgan fingerprint density at radius 3 is 2.00 bits per heavy atom. The van der Waals surface area contributed by atoms with Gasteiger partial charge in [-0.05, 0) is 66.1 Å². The number of rotatable bonds is 10. The molecule has 0 radical (unpaired) electrons. The molecule has 2 heterocycles. The van der Waals surface area contributed by atoms with Crippen molar-refractivity contribution in [1.29, 1.82) is 0 Å². The van der Waals surface area contributed by atoms with E-state index in [0.717, 1.165) is 17.5 Å². The molecule has 0 fully saturated rings. The summed E-state index contributed by atoms with van der Waals surface area (Å²) in [7, 11) is 0. The highest BCUT2D eigenvalue weighted by atomic mass is 16.7. The lowest BCUT2D eigenvalue weighted by atomic mass is 9.82. The molecule has 182 valence electrons. The van der Waals surface area contributed by atoms with Crippen LogP contribution in [0, 0.1) is 11.8 Å². The first-order valence-electron chi connectivity index (χ1n) is 11.9. The van der Waals surface area contributed by atoms with Gasteiger partial charge in [0.2, 0.25) is 19.5 Å². The predicted octanol–water partition coefficient (Wildman–Crippen LogP) is 3.51. The van der Waals surface area contributed by atoms with E-state index in [4.69, 9.17) is 18.9 Å². The Bertz CT molecular complexity index is 1170. The number of carbonyl (C=O) groups is 1. The quantitative estimate of drug-likeness (QED) is 0.467. The second-order valence-corrected chi connectivity index (χ2v) is 8.86. The molecule has 0 saturated carbocycles. The SMILES string of the molecule is O=C(NCCc1ccccc1)[C@@H](Cc1ccc2c(c1)OCO2)[C@@H](CO)Cc1ccc2c(c1)OCO2.